The van der Waals surface area contributed by atoms with Crippen molar-refractivity contribution >= 4 is 11.9 Å². The Morgan fingerprint density at radius 3 is 2.10 bits per heavy atom. The van der Waals surface area contributed by atoms with Gasteiger partial charge in [0.1, 0.15) is 12.6 Å². The van der Waals surface area contributed by atoms with Gasteiger partial charge < -0.3 is 20.5 Å². The summed E-state index contributed by atoms with van der Waals surface area (Å²) in [5.41, 5.74) is 7.21. The molecule has 1 fully saturated rings. The zero-order valence-electron chi connectivity index (χ0n) is 16.5. The molecule has 1 heterocycles. The van der Waals surface area contributed by atoms with Crippen LogP contribution in [0, 0.1) is 5.41 Å². The number of aliphatic carboxylic acids is 1. The molecule has 0 bridgehead atoms. The molecule has 0 amide bonds. The van der Waals surface area contributed by atoms with Gasteiger partial charge in [-0.05, 0) is 43.5 Å². The van der Waals surface area contributed by atoms with Gasteiger partial charge in [-0.25, -0.2) is 0 Å². The second-order valence-corrected chi connectivity index (χ2v) is 7.75. The second-order valence-electron chi connectivity index (χ2n) is 7.75. The van der Waals surface area contributed by atoms with Crippen molar-refractivity contribution in [3.05, 3.63) is 71.8 Å². The molecule has 1 atom stereocenters. The lowest BCUT2D eigenvalue weighted by atomic mass is 9.74. The average Bonchev–Trinajstić information content (AvgIpc) is 2.74. The van der Waals surface area contributed by atoms with Crippen LogP contribution in [0.5, 0.6) is 0 Å². The summed E-state index contributed by atoms with van der Waals surface area (Å²) in [6.45, 7) is 1.76. The van der Waals surface area contributed by atoms with Gasteiger partial charge in [0.25, 0.3) is 0 Å². The van der Waals surface area contributed by atoms with Crippen LogP contribution >= 0.6 is 0 Å². The monoisotopic (exact) mass is 396 g/mol. The van der Waals surface area contributed by atoms with E-state index in [0.717, 1.165) is 11.1 Å². The maximum atomic E-state index is 12.2. The number of carboxylic acid groups (broad SMARTS) is 1. The molecule has 0 radical (unpaired) electrons. The molecule has 1 saturated heterocycles. The first-order valence-electron chi connectivity index (χ1n) is 9.94. The summed E-state index contributed by atoms with van der Waals surface area (Å²) in [5, 5.41) is 9.87. The second kappa shape index (κ2) is 9.67. The number of hydrogen-bond acceptors (Lipinski definition) is 5. The number of carbonyl (C=O) groups is 2. The van der Waals surface area contributed by atoms with Crippen LogP contribution in [-0.4, -0.2) is 47.6 Å². The van der Waals surface area contributed by atoms with Crippen LogP contribution in [0.3, 0.4) is 0 Å². The van der Waals surface area contributed by atoms with Crippen molar-refractivity contribution in [2.24, 2.45) is 11.1 Å². The normalized spacial score (nSPS) is 17.4. The highest BCUT2D eigenvalue weighted by molar-refractivity contribution is 5.76. The zero-order valence-corrected chi connectivity index (χ0v) is 16.5. The maximum absolute atomic E-state index is 12.2. The van der Waals surface area contributed by atoms with Gasteiger partial charge in [-0.3, -0.25) is 9.59 Å². The van der Waals surface area contributed by atoms with Gasteiger partial charge in [-0.1, -0.05) is 60.7 Å². The van der Waals surface area contributed by atoms with Crippen LogP contribution in [0.2, 0.25) is 0 Å². The Labute approximate surface area is 171 Å². The van der Waals surface area contributed by atoms with E-state index in [4.69, 9.17) is 10.5 Å². The highest BCUT2D eigenvalue weighted by Gasteiger charge is 2.41. The standard InChI is InChI=1S/C23H28N2O4/c24-20(21(26)29-17-19-9-5-2-6-10-19)16-25-13-11-23(12-14-25,22(27)28)15-18-7-3-1-4-8-18/h1-10,20H,11-17,24H2,(H,27,28). The van der Waals surface area contributed by atoms with Gasteiger partial charge in [0.2, 0.25) is 0 Å². The largest absolute Gasteiger partial charge is 0.481 e. The zero-order chi connectivity index (χ0) is 20.7. The minimum atomic E-state index is -0.768. The van der Waals surface area contributed by atoms with Gasteiger partial charge in [-0.15, -0.1) is 0 Å². The molecule has 0 aliphatic carbocycles. The first kappa shape index (κ1) is 21.0. The Morgan fingerprint density at radius 1 is 1.00 bits per heavy atom. The predicted molar refractivity (Wildman–Crippen MR) is 110 cm³/mol. The topological polar surface area (TPSA) is 92.9 Å². The molecule has 3 rings (SSSR count). The fourth-order valence-electron chi connectivity index (χ4n) is 3.80. The molecule has 6 heteroatoms. The predicted octanol–water partition coefficient (Wildman–Crippen LogP) is 2.47. The molecule has 1 unspecified atom stereocenters. The first-order chi connectivity index (χ1) is 14.0. The molecule has 0 aromatic heterocycles. The van der Waals surface area contributed by atoms with Gasteiger partial charge in [-0.2, -0.15) is 0 Å². The minimum Gasteiger partial charge on any atom is -0.481 e. The Balaban J connectivity index is 1.50. The number of carbonyl (C=O) groups excluding carboxylic acids is 1. The van der Waals surface area contributed by atoms with Crippen LogP contribution in [0.1, 0.15) is 24.0 Å². The summed E-state index contributed by atoms with van der Waals surface area (Å²) < 4.78 is 5.30. The summed E-state index contributed by atoms with van der Waals surface area (Å²) in [5.74, 6) is -1.19. The molecule has 3 N–H and O–H groups in total. The summed E-state index contributed by atoms with van der Waals surface area (Å²) in [6.07, 6.45) is 1.58. The first-order valence-corrected chi connectivity index (χ1v) is 9.94. The number of rotatable bonds is 8. The highest BCUT2D eigenvalue weighted by Crippen LogP contribution is 2.35. The van der Waals surface area contributed by atoms with Crippen LogP contribution in [0.25, 0.3) is 0 Å². The Morgan fingerprint density at radius 2 is 1.55 bits per heavy atom. The smallest absolute Gasteiger partial charge is 0.324 e. The van der Waals surface area contributed by atoms with E-state index >= 15 is 0 Å². The molecule has 0 spiro atoms. The number of piperidine rings is 1. The molecular formula is C23H28N2O4. The van der Waals surface area contributed by atoms with E-state index in [1.54, 1.807) is 0 Å². The third-order valence-electron chi connectivity index (χ3n) is 5.63. The lowest BCUT2D eigenvalue weighted by molar-refractivity contribution is -0.153. The Bertz CT molecular complexity index is 802. The highest BCUT2D eigenvalue weighted by atomic mass is 16.5. The van der Waals surface area contributed by atoms with Crippen molar-refractivity contribution in [3.8, 4) is 0 Å². The maximum Gasteiger partial charge on any atom is 0.324 e. The van der Waals surface area contributed by atoms with Crippen molar-refractivity contribution in [1.29, 1.82) is 0 Å². The molecule has 1 aliphatic rings. The summed E-state index contributed by atoms with van der Waals surface area (Å²) in [4.78, 5) is 26.3. The minimum absolute atomic E-state index is 0.201. The molecule has 29 heavy (non-hydrogen) atoms. The van der Waals surface area contributed by atoms with E-state index in [1.807, 2.05) is 60.7 Å². The number of likely N-dealkylation sites (tertiary alicyclic amines) is 1. The summed E-state index contributed by atoms with van der Waals surface area (Å²) in [7, 11) is 0. The van der Waals surface area contributed by atoms with Crippen LogP contribution in [-0.2, 0) is 27.4 Å². The van der Waals surface area contributed by atoms with Crippen molar-refractivity contribution in [2.75, 3.05) is 19.6 Å². The third-order valence-corrected chi connectivity index (χ3v) is 5.63. The molecule has 0 saturated carbocycles. The van der Waals surface area contributed by atoms with Crippen LogP contribution < -0.4 is 5.73 Å². The number of benzene rings is 2. The number of esters is 1. The average molecular weight is 396 g/mol. The van der Waals surface area contributed by atoms with Crippen molar-refractivity contribution in [1.82, 2.24) is 4.90 Å². The number of nitrogens with zero attached hydrogens (tertiary/aromatic N) is 1. The van der Waals surface area contributed by atoms with Crippen molar-refractivity contribution < 1.29 is 19.4 Å². The van der Waals surface area contributed by atoms with E-state index in [2.05, 4.69) is 4.90 Å². The van der Waals surface area contributed by atoms with E-state index in [9.17, 15) is 14.7 Å². The van der Waals surface area contributed by atoms with Crippen molar-refractivity contribution in [2.45, 2.75) is 31.9 Å². The summed E-state index contributed by atoms with van der Waals surface area (Å²) in [6, 6.07) is 18.4. The lowest BCUT2D eigenvalue weighted by Gasteiger charge is -2.39. The third kappa shape index (κ3) is 5.65. The van der Waals surface area contributed by atoms with Gasteiger partial charge >= 0.3 is 11.9 Å². The fraction of sp³-hybridized carbons (Fsp3) is 0.391. The van der Waals surface area contributed by atoms with Crippen LogP contribution in [0.15, 0.2) is 60.7 Å². The SMILES string of the molecule is NC(CN1CCC(Cc2ccccc2)(C(=O)O)CC1)C(=O)OCc1ccccc1. The number of carboxylic acids is 1. The van der Waals surface area contributed by atoms with E-state index in [-0.39, 0.29) is 6.61 Å². The number of nitrogens with two attached hydrogens (primary N) is 1. The quantitative estimate of drug-likeness (QED) is 0.666. The molecular weight excluding hydrogens is 368 g/mol. The number of hydrogen-bond donors (Lipinski definition) is 2. The van der Waals surface area contributed by atoms with Gasteiger partial charge in [0, 0.05) is 6.54 Å². The van der Waals surface area contributed by atoms with Crippen LogP contribution in [0.4, 0.5) is 0 Å². The van der Waals surface area contributed by atoms with E-state index in [0.29, 0.717) is 38.9 Å². The Hall–Kier alpha value is -2.70. The van der Waals surface area contributed by atoms with E-state index in [1.165, 1.54) is 0 Å². The fourth-order valence-corrected chi connectivity index (χ4v) is 3.80. The molecule has 1 aliphatic heterocycles. The van der Waals surface area contributed by atoms with E-state index < -0.39 is 23.4 Å². The molecule has 2 aromatic carbocycles. The summed E-state index contributed by atoms with van der Waals surface area (Å²) >= 11 is 0. The Kier molecular flexibility index (Phi) is 7.01. The molecule has 2 aromatic rings. The van der Waals surface area contributed by atoms with Gasteiger partial charge in [0.05, 0.1) is 5.41 Å². The molecule has 6 nitrogen and oxygen atoms in total. The molecule has 154 valence electrons. The van der Waals surface area contributed by atoms with Crippen molar-refractivity contribution in [3.63, 3.8) is 0 Å². The lowest BCUT2D eigenvalue weighted by Crippen LogP contribution is -2.50. The number of ether oxygens (including phenoxy) is 1. The van der Waals surface area contributed by atoms with Gasteiger partial charge in [0.15, 0.2) is 0 Å².